The van der Waals surface area contributed by atoms with E-state index in [1.54, 1.807) is 0 Å². The average molecular weight is 293 g/mol. The van der Waals surface area contributed by atoms with E-state index in [-0.39, 0.29) is 0 Å². The minimum Gasteiger partial charge on any atom is -0.381 e. The second kappa shape index (κ2) is 6.79. The lowest BCUT2D eigenvalue weighted by atomic mass is 9.87. The van der Waals surface area contributed by atoms with Crippen LogP contribution < -0.4 is 5.32 Å². The van der Waals surface area contributed by atoms with Gasteiger partial charge in [0.2, 0.25) is 0 Å². The smallest absolute Gasteiger partial charge is 0.193 e. The molecule has 0 radical (unpaired) electrons. The van der Waals surface area contributed by atoms with E-state index in [9.17, 15) is 0 Å². The van der Waals surface area contributed by atoms with Gasteiger partial charge in [-0.05, 0) is 25.7 Å². The first-order valence-corrected chi connectivity index (χ1v) is 8.10. The molecule has 1 atom stereocenters. The molecule has 1 unspecified atom stereocenters. The Balaban J connectivity index is 1.46. The van der Waals surface area contributed by atoms with Crippen molar-refractivity contribution in [1.82, 2.24) is 10.2 Å². The number of hydrogen-bond acceptors (Lipinski definition) is 3. The fourth-order valence-electron chi connectivity index (χ4n) is 3.55. The topological polar surface area (TPSA) is 46.1 Å². The second-order valence-corrected chi connectivity index (χ2v) is 6.39. The van der Waals surface area contributed by atoms with Crippen molar-refractivity contribution in [2.75, 3.05) is 53.1 Å². The van der Waals surface area contributed by atoms with Gasteiger partial charge in [-0.2, -0.15) is 0 Å². The molecular formula is C16H27N3O2. The van der Waals surface area contributed by atoms with Crippen LogP contribution in [0.2, 0.25) is 0 Å². The molecule has 0 aliphatic carbocycles. The predicted octanol–water partition coefficient (Wildman–Crippen LogP) is 1.41. The quantitative estimate of drug-likeness (QED) is 0.485. The van der Waals surface area contributed by atoms with Gasteiger partial charge in [0.15, 0.2) is 5.96 Å². The summed E-state index contributed by atoms with van der Waals surface area (Å²) in [5.41, 5.74) is 1.90. The van der Waals surface area contributed by atoms with Crippen LogP contribution in [0.4, 0.5) is 0 Å². The fourth-order valence-corrected chi connectivity index (χ4v) is 3.55. The number of likely N-dealkylation sites (tertiary alicyclic amines) is 1. The van der Waals surface area contributed by atoms with Gasteiger partial charge in [0.25, 0.3) is 0 Å². The van der Waals surface area contributed by atoms with E-state index in [2.05, 4.69) is 21.3 Å². The summed E-state index contributed by atoms with van der Waals surface area (Å²) >= 11 is 0. The molecule has 0 aromatic carbocycles. The van der Waals surface area contributed by atoms with E-state index >= 15 is 0 Å². The van der Waals surface area contributed by atoms with Gasteiger partial charge < -0.3 is 19.7 Å². The molecule has 5 heteroatoms. The van der Waals surface area contributed by atoms with Crippen LogP contribution in [0.5, 0.6) is 0 Å². The molecule has 3 rings (SSSR count). The summed E-state index contributed by atoms with van der Waals surface area (Å²) in [6.07, 6.45) is 6.81. The zero-order valence-corrected chi connectivity index (χ0v) is 13.1. The SMILES string of the molecule is CN=C(NCCC1=CCOCC1)N1CCC2(CCOC2)C1. The van der Waals surface area contributed by atoms with E-state index in [0.29, 0.717) is 5.41 Å². The third-order valence-corrected chi connectivity index (χ3v) is 4.92. The number of rotatable bonds is 3. The highest BCUT2D eigenvalue weighted by molar-refractivity contribution is 5.80. The van der Waals surface area contributed by atoms with Gasteiger partial charge in [0, 0.05) is 38.7 Å². The molecule has 2 fully saturated rings. The molecule has 3 aliphatic heterocycles. The van der Waals surface area contributed by atoms with E-state index in [4.69, 9.17) is 9.47 Å². The zero-order valence-electron chi connectivity index (χ0n) is 13.1. The first-order chi connectivity index (χ1) is 10.3. The molecule has 3 aliphatic rings. The Kier molecular flexibility index (Phi) is 4.80. The van der Waals surface area contributed by atoms with Crippen molar-refractivity contribution in [3.63, 3.8) is 0 Å². The normalized spacial score (nSPS) is 30.0. The second-order valence-electron chi connectivity index (χ2n) is 6.39. The lowest BCUT2D eigenvalue weighted by Gasteiger charge is -2.25. The third-order valence-electron chi connectivity index (χ3n) is 4.92. The number of aliphatic imine (C=N–C) groups is 1. The lowest BCUT2D eigenvalue weighted by molar-refractivity contribution is 0.153. The average Bonchev–Trinajstić information content (AvgIpc) is 3.15. The largest absolute Gasteiger partial charge is 0.381 e. The molecule has 0 bridgehead atoms. The van der Waals surface area contributed by atoms with Crippen molar-refractivity contribution in [2.24, 2.45) is 10.4 Å². The van der Waals surface area contributed by atoms with Crippen molar-refractivity contribution in [2.45, 2.75) is 25.7 Å². The molecule has 118 valence electrons. The van der Waals surface area contributed by atoms with Crippen LogP contribution >= 0.6 is 0 Å². The summed E-state index contributed by atoms with van der Waals surface area (Å²) in [5.74, 6) is 1.05. The molecule has 21 heavy (non-hydrogen) atoms. The van der Waals surface area contributed by atoms with Crippen LogP contribution in [-0.4, -0.2) is 64.0 Å². The molecule has 0 amide bonds. The van der Waals surface area contributed by atoms with Crippen molar-refractivity contribution < 1.29 is 9.47 Å². The molecule has 1 spiro atoms. The van der Waals surface area contributed by atoms with Gasteiger partial charge in [0.05, 0.1) is 19.8 Å². The maximum atomic E-state index is 5.60. The summed E-state index contributed by atoms with van der Waals surface area (Å²) in [7, 11) is 1.88. The number of nitrogens with one attached hydrogen (secondary N) is 1. The molecule has 3 heterocycles. The summed E-state index contributed by atoms with van der Waals surface area (Å²) in [5, 5.41) is 3.52. The van der Waals surface area contributed by atoms with Crippen molar-refractivity contribution in [1.29, 1.82) is 0 Å². The van der Waals surface area contributed by atoms with E-state index in [0.717, 1.165) is 64.9 Å². The zero-order chi connectivity index (χ0) is 14.5. The number of nitrogens with zero attached hydrogens (tertiary/aromatic N) is 2. The monoisotopic (exact) mass is 293 g/mol. The van der Waals surface area contributed by atoms with Crippen LogP contribution in [0.1, 0.15) is 25.7 Å². The Bertz CT molecular complexity index is 414. The Morgan fingerprint density at radius 1 is 1.38 bits per heavy atom. The summed E-state index contributed by atoms with van der Waals surface area (Å²) in [6, 6.07) is 0. The van der Waals surface area contributed by atoms with Crippen LogP contribution in [0.25, 0.3) is 0 Å². The minimum absolute atomic E-state index is 0.390. The Hall–Kier alpha value is -1.07. The summed E-state index contributed by atoms with van der Waals surface area (Å²) in [6.45, 7) is 6.64. The lowest BCUT2D eigenvalue weighted by Crippen LogP contribution is -2.41. The molecule has 0 aromatic heterocycles. The third kappa shape index (κ3) is 3.58. The van der Waals surface area contributed by atoms with E-state index in [1.165, 1.54) is 18.4 Å². The van der Waals surface area contributed by atoms with Gasteiger partial charge in [-0.3, -0.25) is 4.99 Å². The molecular weight excluding hydrogens is 266 g/mol. The van der Waals surface area contributed by atoms with Gasteiger partial charge in [-0.25, -0.2) is 0 Å². The molecule has 0 aromatic rings. The van der Waals surface area contributed by atoms with E-state index < -0.39 is 0 Å². The summed E-state index contributed by atoms with van der Waals surface area (Å²) < 4.78 is 10.9. The van der Waals surface area contributed by atoms with Gasteiger partial charge in [-0.15, -0.1) is 0 Å². The van der Waals surface area contributed by atoms with Crippen molar-refractivity contribution >= 4 is 5.96 Å². The van der Waals surface area contributed by atoms with E-state index in [1.807, 2.05) is 7.05 Å². The number of hydrogen-bond donors (Lipinski definition) is 1. The van der Waals surface area contributed by atoms with Crippen LogP contribution in [0.3, 0.4) is 0 Å². The Morgan fingerprint density at radius 3 is 3.05 bits per heavy atom. The van der Waals surface area contributed by atoms with Crippen molar-refractivity contribution in [3.05, 3.63) is 11.6 Å². The van der Waals surface area contributed by atoms with Gasteiger partial charge in [0.1, 0.15) is 0 Å². The van der Waals surface area contributed by atoms with Crippen LogP contribution in [0.15, 0.2) is 16.6 Å². The van der Waals surface area contributed by atoms with Gasteiger partial charge >= 0.3 is 0 Å². The van der Waals surface area contributed by atoms with Crippen LogP contribution in [-0.2, 0) is 9.47 Å². The highest BCUT2D eigenvalue weighted by Gasteiger charge is 2.42. The first kappa shape index (κ1) is 14.9. The Labute approximate surface area is 127 Å². The fraction of sp³-hybridized carbons (Fsp3) is 0.812. The summed E-state index contributed by atoms with van der Waals surface area (Å²) in [4.78, 5) is 6.85. The molecule has 0 saturated carbocycles. The Morgan fingerprint density at radius 2 is 2.33 bits per heavy atom. The maximum Gasteiger partial charge on any atom is 0.193 e. The van der Waals surface area contributed by atoms with Crippen molar-refractivity contribution in [3.8, 4) is 0 Å². The van der Waals surface area contributed by atoms with Crippen LogP contribution in [0, 0.1) is 5.41 Å². The molecule has 5 nitrogen and oxygen atoms in total. The van der Waals surface area contributed by atoms with Gasteiger partial charge in [-0.1, -0.05) is 11.6 Å². The minimum atomic E-state index is 0.390. The predicted molar refractivity (Wildman–Crippen MR) is 83.6 cm³/mol. The maximum absolute atomic E-state index is 5.60. The number of guanidine groups is 1. The standard InChI is InChI=1S/C16H27N3O2/c1-17-15(18-7-2-14-3-9-20-10-4-14)19-8-5-16(12-19)6-11-21-13-16/h3H,2,4-13H2,1H3,(H,17,18). The highest BCUT2D eigenvalue weighted by Crippen LogP contribution is 2.38. The molecule has 2 saturated heterocycles. The number of ether oxygens (including phenoxy) is 2. The first-order valence-electron chi connectivity index (χ1n) is 8.10. The molecule has 1 N–H and O–H groups in total. The highest BCUT2D eigenvalue weighted by atomic mass is 16.5.